The molecule has 0 saturated carbocycles. The monoisotopic (exact) mass is 738 g/mol. The second kappa shape index (κ2) is 12.5. The molecule has 12 rings (SSSR count). The van der Waals surface area contributed by atoms with Crippen LogP contribution in [0.25, 0.3) is 109 Å². The summed E-state index contributed by atoms with van der Waals surface area (Å²) < 4.78 is 4.89. The van der Waals surface area contributed by atoms with Gasteiger partial charge in [0, 0.05) is 33.2 Å². The van der Waals surface area contributed by atoms with Crippen LogP contribution in [0.1, 0.15) is 11.3 Å². The normalized spacial score (nSPS) is 12.0. The molecule has 272 valence electrons. The van der Waals surface area contributed by atoms with Gasteiger partial charge in [-0.25, -0.2) is 0 Å². The summed E-state index contributed by atoms with van der Waals surface area (Å²) in [4.78, 5) is 0. The third-order valence-corrected chi connectivity index (χ3v) is 12.7. The molecule has 0 aliphatic rings. The molecule has 0 amide bonds. The molecule has 12 aromatic rings. The summed E-state index contributed by atoms with van der Waals surface area (Å²) in [6, 6.07) is 71.8. The lowest BCUT2D eigenvalue weighted by atomic mass is 9.84. The van der Waals surface area contributed by atoms with Gasteiger partial charge in [0.25, 0.3) is 0 Å². The summed E-state index contributed by atoms with van der Waals surface area (Å²) in [5.74, 6) is 0. The average Bonchev–Trinajstić information content (AvgIpc) is 3.73. The highest BCUT2D eigenvalue weighted by Crippen LogP contribution is 2.47. The van der Waals surface area contributed by atoms with Gasteiger partial charge in [0.15, 0.2) is 0 Å². The largest absolute Gasteiger partial charge is 0.314 e. The highest BCUT2D eigenvalue weighted by molar-refractivity contribution is 6.24. The van der Waals surface area contributed by atoms with Crippen LogP contribution in [0.3, 0.4) is 0 Å². The molecule has 0 aliphatic carbocycles. The van der Waals surface area contributed by atoms with E-state index in [1.54, 1.807) is 0 Å². The van der Waals surface area contributed by atoms with Gasteiger partial charge >= 0.3 is 0 Å². The van der Waals surface area contributed by atoms with Crippen LogP contribution >= 0.6 is 0 Å². The molecule has 0 radical (unpaired) electrons. The predicted octanol–water partition coefficient (Wildman–Crippen LogP) is 15.3. The van der Waals surface area contributed by atoms with Crippen LogP contribution in [0, 0.1) is 13.8 Å². The Bertz CT molecular complexity index is 3640. The molecular weight excluding hydrogens is 701 g/mol. The summed E-state index contributed by atoms with van der Waals surface area (Å²) in [5, 5.41) is 13.8. The van der Waals surface area contributed by atoms with Crippen molar-refractivity contribution in [2.24, 2.45) is 0 Å². The molecule has 10 aromatic carbocycles. The molecule has 2 nitrogen and oxygen atoms in total. The van der Waals surface area contributed by atoms with Gasteiger partial charge in [-0.05, 0) is 145 Å². The maximum Gasteiger partial charge on any atom is 0.0542 e. The summed E-state index contributed by atoms with van der Waals surface area (Å²) >= 11 is 0. The number of hydrogen-bond donors (Lipinski definition) is 0. The van der Waals surface area contributed by atoms with Gasteiger partial charge < -0.3 is 9.13 Å². The summed E-state index contributed by atoms with van der Waals surface area (Å²) in [6.07, 6.45) is 0. The number of aromatic nitrogens is 2. The first-order valence-corrected chi connectivity index (χ1v) is 20.2. The van der Waals surface area contributed by atoms with E-state index in [1.165, 1.54) is 121 Å². The van der Waals surface area contributed by atoms with Crippen LogP contribution in [0.4, 0.5) is 0 Å². The second-order valence-corrected chi connectivity index (χ2v) is 15.8. The summed E-state index contributed by atoms with van der Waals surface area (Å²) in [7, 11) is 0. The molecule has 0 fully saturated rings. The fourth-order valence-electron chi connectivity index (χ4n) is 9.84. The van der Waals surface area contributed by atoms with Crippen molar-refractivity contribution in [2.45, 2.75) is 13.8 Å². The van der Waals surface area contributed by atoms with Crippen molar-refractivity contribution in [3.05, 3.63) is 205 Å². The topological polar surface area (TPSA) is 9.86 Å². The molecule has 0 atom stereocenters. The van der Waals surface area contributed by atoms with Crippen LogP contribution in [0.15, 0.2) is 194 Å². The number of nitrogens with zero attached hydrogens (tertiary/aromatic N) is 2. The lowest BCUT2D eigenvalue weighted by Crippen LogP contribution is -1.98. The minimum absolute atomic E-state index is 1.17. The first-order valence-electron chi connectivity index (χ1n) is 20.2. The summed E-state index contributed by atoms with van der Waals surface area (Å²) in [6.45, 7) is 4.57. The van der Waals surface area contributed by atoms with E-state index in [1.807, 2.05) is 0 Å². The Morgan fingerprint density at radius 2 is 0.828 bits per heavy atom. The van der Waals surface area contributed by atoms with Crippen molar-refractivity contribution in [2.75, 3.05) is 0 Å². The number of rotatable bonds is 4. The number of aryl methyl sites for hydroxylation is 1. The van der Waals surface area contributed by atoms with Crippen molar-refractivity contribution in [3.63, 3.8) is 0 Å². The van der Waals surface area contributed by atoms with Crippen molar-refractivity contribution in [1.29, 1.82) is 0 Å². The maximum absolute atomic E-state index is 2.49. The van der Waals surface area contributed by atoms with Gasteiger partial charge in [-0.15, -0.1) is 0 Å². The molecule has 0 aliphatic heterocycles. The Hall–Kier alpha value is -7.42. The molecule has 0 N–H and O–H groups in total. The maximum atomic E-state index is 2.49. The zero-order chi connectivity index (χ0) is 38.5. The Morgan fingerprint density at radius 3 is 1.48 bits per heavy atom. The third kappa shape index (κ3) is 4.79. The first-order chi connectivity index (χ1) is 28.6. The number of benzene rings is 10. The Morgan fingerprint density at radius 1 is 0.293 bits per heavy atom. The highest BCUT2D eigenvalue weighted by Gasteiger charge is 2.22. The van der Waals surface area contributed by atoms with Gasteiger partial charge in [-0.1, -0.05) is 133 Å². The van der Waals surface area contributed by atoms with Gasteiger partial charge in [0.1, 0.15) is 0 Å². The lowest BCUT2D eigenvalue weighted by Gasteiger charge is -2.19. The fourth-order valence-corrected chi connectivity index (χ4v) is 9.84. The molecule has 2 aromatic heterocycles. The van der Waals surface area contributed by atoms with E-state index in [-0.39, 0.29) is 0 Å². The van der Waals surface area contributed by atoms with E-state index in [4.69, 9.17) is 0 Å². The van der Waals surface area contributed by atoms with E-state index in [0.29, 0.717) is 0 Å². The van der Waals surface area contributed by atoms with Crippen molar-refractivity contribution in [3.8, 4) is 33.6 Å². The number of hydrogen-bond acceptors (Lipinski definition) is 0. The molecule has 0 bridgehead atoms. The molecular formula is C56H38N2. The predicted molar refractivity (Wildman–Crippen MR) is 248 cm³/mol. The molecule has 0 spiro atoms. The Kier molecular flexibility index (Phi) is 7.09. The van der Waals surface area contributed by atoms with Crippen molar-refractivity contribution in [1.82, 2.24) is 9.13 Å². The standard InChI is InChI=1S/C56H38N2/c1-35-36(2)57(44-28-29-53-49(32-44)45-20-12-13-23-52(45)58(53)43-18-4-3-5-19-43)54-34-51-50(33-48(35)54)55(41-26-24-37-14-6-8-16-39(37)30-41)46-21-10-11-22-47(46)56(51)42-27-25-38-15-7-9-17-40(38)31-42/h3-34H,1-2H3. The van der Waals surface area contributed by atoms with Crippen LogP contribution in [0.2, 0.25) is 0 Å². The molecule has 2 heterocycles. The van der Waals surface area contributed by atoms with Crippen molar-refractivity contribution < 1.29 is 0 Å². The fraction of sp³-hybridized carbons (Fsp3) is 0.0357. The van der Waals surface area contributed by atoms with E-state index < -0.39 is 0 Å². The zero-order valence-electron chi connectivity index (χ0n) is 32.4. The second-order valence-electron chi connectivity index (χ2n) is 15.8. The van der Waals surface area contributed by atoms with E-state index in [9.17, 15) is 0 Å². The van der Waals surface area contributed by atoms with Crippen LogP contribution in [0.5, 0.6) is 0 Å². The number of para-hydroxylation sites is 2. The van der Waals surface area contributed by atoms with E-state index in [2.05, 4.69) is 217 Å². The molecule has 58 heavy (non-hydrogen) atoms. The Balaban J connectivity index is 1.19. The smallest absolute Gasteiger partial charge is 0.0542 e. The Labute approximate surface area is 336 Å². The van der Waals surface area contributed by atoms with Crippen molar-refractivity contribution >= 4 is 75.8 Å². The van der Waals surface area contributed by atoms with Crippen LogP contribution < -0.4 is 0 Å². The SMILES string of the molecule is Cc1c(C)n(-c2ccc3c(c2)c2ccccc2n3-c2ccccc2)c2cc3c(-c4ccc5ccccc5c4)c4ccccc4c(-c4ccc5ccccc5c4)c3cc12. The van der Waals surface area contributed by atoms with Crippen LogP contribution in [-0.4, -0.2) is 9.13 Å². The quantitative estimate of drug-likeness (QED) is 0.159. The minimum atomic E-state index is 1.17. The lowest BCUT2D eigenvalue weighted by molar-refractivity contribution is 1.04. The molecule has 2 heteroatoms. The van der Waals surface area contributed by atoms with Gasteiger partial charge in [0.2, 0.25) is 0 Å². The number of fused-ring (bicyclic) bond motifs is 8. The minimum Gasteiger partial charge on any atom is -0.314 e. The van der Waals surface area contributed by atoms with Crippen LogP contribution in [-0.2, 0) is 0 Å². The molecule has 0 unspecified atom stereocenters. The molecule has 0 saturated heterocycles. The first kappa shape index (κ1) is 32.8. The van der Waals surface area contributed by atoms with E-state index >= 15 is 0 Å². The summed E-state index contributed by atoms with van der Waals surface area (Å²) in [5.41, 5.74) is 13.5. The highest BCUT2D eigenvalue weighted by atomic mass is 15.0. The van der Waals surface area contributed by atoms with Gasteiger partial charge in [-0.2, -0.15) is 0 Å². The zero-order valence-corrected chi connectivity index (χ0v) is 32.4. The third-order valence-electron chi connectivity index (χ3n) is 12.7. The average molecular weight is 739 g/mol. The van der Waals surface area contributed by atoms with Gasteiger partial charge in [0.05, 0.1) is 16.6 Å². The van der Waals surface area contributed by atoms with Gasteiger partial charge in [-0.3, -0.25) is 0 Å². The van der Waals surface area contributed by atoms with E-state index in [0.717, 1.165) is 0 Å².